The third kappa shape index (κ3) is 4.16. The van der Waals surface area contributed by atoms with E-state index < -0.39 is 0 Å². The van der Waals surface area contributed by atoms with Crippen LogP contribution in [0.15, 0.2) is 23.4 Å². The molecule has 0 aliphatic heterocycles. The monoisotopic (exact) mass is 264 g/mol. The summed E-state index contributed by atoms with van der Waals surface area (Å²) in [6.45, 7) is 10.8. The van der Waals surface area contributed by atoms with Crippen molar-refractivity contribution < 1.29 is 9.94 Å². The van der Waals surface area contributed by atoms with E-state index in [0.29, 0.717) is 6.61 Å². The first-order valence-corrected chi connectivity index (χ1v) is 6.47. The van der Waals surface area contributed by atoms with Gasteiger partial charge >= 0.3 is 0 Å². The Labute approximate surface area is 115 Å². The smallest absolute Gasteiger partial charge is 0.145 e. The number of hydrogen-bond donors (Lipinski definition) is 2. The van der Waals surface area contributed by atoms with Crippen LogP contribution in [-0.2, 0) is 5.41 Å². The molecule has 1 rings (SSSR count). The fourth-order valence-corrected chi connectivity index (χ4v) is 1.68. The lowest BCUT2D eigenvalue weighted by Gasteiger charge is -2.21. The first kappa shape index (κ1) is 15.3. The minimum absolute atomic E-state index is 0.119. The highest BCUT2D eigenvalue weighted by molar-refractivity contribution is 5.81. The number of nitrogens with two attached hydrogens (primary N) is 1. The van der Waals surface area contributed by atoms with Crippen molar-refractivity contribution in [3.63, 3.8) is 0 Å². The van der Waals surface area contributed by atoms with E-state index in [1.807, 2.05) is 19.9 Å². The fraction of sp³-hybridized carbons (Fsp3) is 0.533. The fourth-order valence-electron chi connectivity index (χ4n) is 1.68. The van der Waals surface area contributed by atoms with E-state index in [-0.39, 0.29) is 17.2 Å². The topological polar surface area (TPSA) is 67.8 Å². The van der Waals surface area contributed by atoms with E-state index in [4.69, 9.17) is 15.7 Å². The zero-order valence-corrected chi connectivity index (χ0v) is 12.4. The van der Waals surface area contributed by atoms with Crippen molar-refractivity contribution in [2.24, 2.45) is 16.8 Å². The molecule has 0 bridgehead atoms. The van der Waals surface area contributed by atoms with E-state index in [1.54, 1.807) is 0 Å². The lowest BCUT2D eigenvalue weighted by atomic mass is 9.86. The van der Waals surface area contributed by atoms with Crippen molar-refractivity contribution in [3.8, 4) is 5.75 Å². The Bertz CT molecular complexity index is 462. The number of rotatable bonds is 4. The number of aryl methyl sites for hydroxylation is 1. The van der Waals surface area contributed by atoms with E-state index in [1.165, 1.54) is 5.56 Å². The molecule has 0 saturated heterocycles. The maximum Gasteiger partial charge on any atom is 0.145 e. The second-order valence-corrected chi connectivity index (χ2v) is 5.97. The Morgan fingerprint density at radius 1 is 1.42 bits per heavy atom. The van der Waals surface area contributed by atoms with Gasteiger partial charge in [-0.05, 0) is 29.5 Å². The summed E-state index contributed by atoms with van der Waals surface area (Å²) in [5.74, 6) is 0.904. The van der Waals surface area contributed by atoms with Crippen LogP contribution in [0.4, 0.5) is 0 Å². The zero-order valence-electron chi connectivity index (χ0n) is 12.4. The average Bonchev–Trinajstić information content (AvgIpc) is 2.34. The lowest BCUT2D eigenvalue weighted by molar-refractivity contribution is 0.277. The molecule has 19 heavy (non-hydrogen) atoms. The standard InChI is InChI=1S/C15H24N2O2/c1-10-8-12(15(3,4)5)6-7-13(10)19-9-11(2)14(16)17-18/h6-8,11,18H,9H2,1-5H3,(H2,16,17). The zero-order chi connectivity index (χ0) is 14.6. The number of benzene rings is 1. The number of oxime groups is 1. The summed E-state index contributed by atoms with van der Waals surface area (Å²) in [6, 6.07) is 6.20. The Morgan fingerprint density at radius 2 is 2.05 bits per heavy atom. The molecule has 0 fully saturated rings. The van der Waals surface area contributed by atoms with Gasteiger partial charge in [0.15, 0.2) is 0 Å². The Kier molecular flexibility index (Phi) is 4.81. The molecule has 0 radical (unpaired) electrons. The molecule has 1 aromatic rings. The first-order chi connectivity index (χ1) is 8.75. The molecule has 0 amide bonds. The Balaban J connectivity index is 2.76. The van der Waals surface area contributed by atoms with Crippen LogP contribution < -0.4 is 10.5 Å². The van der Waals surface area contributed by atoms with Crippen molar-refractivity contribution >= 4 is 5.84 Å². The minimum atomic E-state index is -0.119. The van der Waals surface area contributed by atoms with Gasteiger partial charge in [0, 0.05) is 0 Å². The second kappa shape index (κ2) is 5.95. The van der Waals surface area contributed by atoms with Crippen molar-refractivity contribution in [2.75, 3.05) is 6.61 Å². The summed E-state index contributed by atoms with van der Waals surface area (Å²) in [5.41, 5.74) is 8.03. The summed E-state index contributed by atoms with van der Waals surface area (Å²) >= 11 is 0. The lowest BCUT2D eigenvalue weighted by Crippen LogP contribution is -2.26. The highest BCUT2D eigenvalue weighted by Crippen LogP contribution is 2.27. The molecule has 1 atom stereocenters. The van der Waals surface area contributed by atoms with Crippen LogP contribution in [0.3, 0.4) is 0 Å². The molecular weight excluding hydrogens is 240 g/mol. The second-order valence-electron chi connectivity index (χ2n) is 5.97. The van der Waals surface area contributed by atoms with Gasteiger partial charge in [0.05, 0.1) is 12.5 Å². The third-order valence-corrected chi connectivity index (χ3v) is 3.15. The van der Waals surface area contributed by atoms with Crippen molar-refractivity contribution in [2.45, 2.75) is 40.0 Å². The summed E-state index contributed by atoms with van der Waals surface area (Å²) in [7, 11) is 0. The normalized spacial score (nSPS) is 14.3. The van der Waals surface area contributed by atoms with E-state index in [9.17, 15) is 0 Å². The van der Waals surface area contributed by atoms with Crippen LogP contribution in [-0.4, -0.2) is 17.6 Å². The number of ether oxygens (including phenoxy) is 1. The van der Waals surface area contributed by atoms with Gasteiger partial charge in [-0.15, -0.1) is 0 Å². The van der Waals surface area contributed by atoms with Crippen LogP contribution in [0.25, 0.3) is 0 Å². The third-order valence-electron chi connectivity index (χ3n) is 3.15. The highest BCUT2D eigenvalue weighted by atomic mass is 16.5. The molecule has 106 valence electrons. The van der Waals surface area contributed by atoms with E-state index >= 15 is 0 Å². The quantitative estimate of drug-likeness (QED) is 0.380. The largest absolute Gasteiger partial charge is 0.493 e. The van der Waals surface area contributed by atoms with Crippen LogP contribution >= 0.6 is 0 Å². The maximum absolute atomic E-state index is 8.59. The van der Waals surface area contributed by atoms with Gasteiger partial charge in [0.2, 0.25) is 0 Å². The van der Waals surface area contributed by atoms with Crippen LogP contribution in [0.2, 0.25) is 0 Å². The van der Waals surface area contributed by atoms with Crippen LogP contribution in [0.5, 0.6) is 5.75 Å². The predicted molar refractivity (Wildman–Crippen MR) is 77.9 cm³/mol. The van der Waals surface area contributed by atoms with E-state index in [2.05, 4.69) is 38.1 Å². The van der Waals surface area contributed by atoms with Gasteiger partial charge in [-0.1, -0.05) is 45.0 Å². The molecule has 4 nitrogen and oxygen atoms in total. The Morgan fingerprint density at radius 3 is 2.53 bits per heavy atom. The summed E-state index contributed by atoms with van der Waals surface area (Å²) in [5, 5.41) is 11.6. The van der Waals surface area contributed by atoms with Crippen molar-refractivity contribution in [3.05, 3.63) is 29.3 Å². The molecule has 0 aromatic heterocycles. The van der Waals surface area contributed by atoms with Gasteiger partial charge in [-0.3, -0.25) is 0 Å². The van der Waals surface area contributed by atoms with Crippen molar-refractivity contribution in [1.82, 2.24) is 0 Å². The summed E-state index contributed by atoms with van der Waals surface area (Å²) in [6.07, 6.45) is 0. The van der Waals surface area contributed by atoms with Gasteiger partial charge in [0.25, 0.3) is 0 Å². The predicted octanol–water partition coefficient (Wildman–Crippen LogP) is 3.05. The molecule has 0 heterocycles. The maximum atomic E-state index is 8.59. The molecular formula is C15H24N2O2. The molecule has 0 aliphatic carbocycles. The Hall–Kier alpha value is -1.71. The number of amidine groups is 1. The van der Waals surface area contributed by atoms with Crippen LogP contribution in [0, 0.1) is 12.8 Å². The highest BCUT2D eigenvalue weighted by Gasteiger charge is 2.15. The molecule has 3 N–H and O–H groups in total. The SMILES string of the molecule is Cc1cc(C(C)(C)C)ccc1OCC(C)/C(N)=N/O. The first-order valence-electron chi connectivity index (χ1n) is 6.47. The molecule has 4 heteroatoms. The molecule has 0 saturated carbocycles. The van der Waals surface area contributed by atoms with Gasteiger partial charge in [-0.2, -0.15) is 0 Å². The number of nitrogens with zero attached hydrogens (tertiary/aromatic N) is 1. The summed E-state index contributed by atoms with van der Waals surface area (Å²) in [4.78, 5) is 0. The van der Waals surface area contributed by atoms with Crippen LogP contribution in [0.1, 0.15) is 38.8 Å². The minimum Gasteiger partial charge on any atom is -0.493 e. The number of hydrogen-bond acceptors (Lipinski definition) is 3. The van der Waals surface area contributed by atoms with Crippen molar-refractivity contribution in [1.29, 1.82) is 0 Å². The van der Waals surface area contributed by atoms with Gasteiger partial charge < -0.3 is 15.7 Å². The average molecular weight is 264 g/mol. The molecule has 0 aliphatic rings. The summed E-state index contributed by atoms with van der Waals surface area (Å²) < 4.78 is 5.72. The van der Waals surface area contributed by atoms with Gasteiger partial charge in [0.1, 0.15) is 11.6 Å². The van der Waals surface area contributed by atoms with E-state index in [0.717, 1.165) is 11.3 Å². The van der Waals surface area contributed by atoms with Gasteiger partial charge in [-0.25, -0.2) is 0 Å². The molecule has 0 spiro atoms. The molecule has 1 unspecified atom stereocenters. The molecule has 1 aromatic carbocycles.